The van der Waals surface area contributed by atoms with Crippen LogP contribution in [0.1, 0.15) is 42.1 Å². The second kappa shape index (κ2) is 8.05. The van der Waals surface area contributed by atoms with Crippen LogP contribution in [0.4, 0.5) is 10.9 Å². The highest BCUT2D eigenvalue weighted by Crippen LogP contribution is 2.35. The molecule has 0 amide bonds. The van der Waals surface area contributed by atoms with Crippen LogP contribution in [0.5, 0.6) is 0 Å². The third-order valence-electron chi connectivity index (χ3n) is 4.61. The molecule has 1 atom stereocenters. The Labute approximate surface area is 167 Å². The zero-order valence-corrected chi connectivity index (χ0v) is 16.6. The van der Waals surface area contributed by atoms with Crippen LogP contribution in [-0.4, -0.2) is 50.5 Å². The van der Waals surface area contributed by atoms with Crippen molar-refractivity contribution in [3.8, 4) is 0 Å². The van der Waals surface area contributed by atoms with Crippen molar-refractivity contribution < 1.29 is 9.53 Å². The van der Waals surface area contributed by atoms with Gasteiger partial charge in [0.15, 0.2) is 10.1 Å². The minimum absolute atomic E-state index is 0.0173. The summed E-state index contributed by atoms with van der Waals surface area (Å²) in [6.45, 7) is 1.47. The lowest BCUT2D eigenvalue weighted by Gasteiger charge is -2.10. The fraction of sp³-hybridized carbons (Fsp3) is 0.562. The Morgan fingerprint density at radius 2 is 2.18 bits per heavy atom. The number of nitrogens with two attached hydrogens (primary N) is 1. The van der Waals surface area contributed by atoms with Gasteiger partial charge in [-0.1, -0.05) is 23.1 Å². The average Bonchev–Trinajstić information content (AvgIpc) is 3.17. The monoisotopic (exact) mass is 424 g/mol. The summed E-state index contributed by atoms with van der Waals surface area (Å²) < 4.78 is 7.45. The standard InChI is InChI=1S/C16H20N6O4S2/c17-12-11(13(24)19-15(25)22(12)8-3-4-8)10(23)7-27-16-21-20-14(28-16)18-6-9-2-1-5-26-9/h8-9H,1-7,17H2,(H,18,20)(H,19,24,25)/t9-/m0/s1. The molecular formula is C16H20N6O4S2. The molecule has 0 bridgehead atoms. The lowest BCUT2D eigenvalue weighted by atomic mass is 10.2. The number of nitrogen functional groups attached to an aromatic ring is 1. The first kappa shape index (κ1) is 19.2. The number of rotatable bonds is 8. The Bertz CT molecular complexity index is 990. The van der Waals surface area contributed by atoms with Crippen molar-refractivity contribution in [3.63, 3.8) is 0 Å². The van der Waals surface area contributed by atoms with Crippen molar-refractivity contribution in [2.45, 2.75) is 42.2 Å². The van der Waals surface area contributed by atoms with Crippen LogP contribution in [0, 0.1) is 0 Å². The summed E-state index contributed by atoms with van der Waals surface area (Å²) in [4.78, 5) is 38.8. The molecule has 10 nitrogen and oxygen atoms in total. The molecule has 4 rings (SSSR count). The van der Waals surface area contributed by atoms with Crippen molar-refractivity contribution in [1.29, 1.82) is 0 Å². The summed E-state index contributed by atoms with van der Waals surface area (Å²) in [5.74, 6) is -0.517. The molecule has 1 aliphatic carbocycles. The van der Waals surface area contributed by atoms with Crippen LogP contribution in [0.15, 0.2) is 13.9 Å². The molecule has 0 unspecified atom stereocenters. The van der Waals surface area contributed by atoms with Gasteiger partial charge in [-0.15, -0.1) is 10.2 Å². The molecule has 2 aromatic heterocycles. The number of ketones is 1. The molecule has 2 aliphatic rings. The number of anilines is 2. The van der Waals surface area contributed by atoms with Crippen LogP contribution in [-0.2, 0) is 4.74 Å². The fourth-order valence-electron chi connectivity index (χ4n) is 3.08. The Hall–Kier alpha value is -2.18. The molecule has 4 N–H and O–H groups in total. The molecule has 1 saturated heterocycles. The first-order valence-corrected chi connectivity index (χ1v) is 10.8. The van der Waals surface area contributed by atoms with Crippen LogP contribution in [0.25, 0.3) is 0 Å². The number of hydrogen-bond acceptors (Lipinski definition) is 10. The zero-order chi connectivity index (χ0) is 19.7. The van der Waals surface area contributed by atoms with E-state index >= 15 is 0 Å². The van der Waals surface area contributed by atoms with E-state index in [0.29, 0.717) is 16.0 Å². The van der Waals surface area contributed by atoms with Crippen LogP contribution in [0.2, 0.25) is 0 Å². The second-order valence-electron chi connectivity index (χ2n) is 6.72. The predicted molar refractivity (Wildman–Crippen MR) is 106 cm³/mol. The van der Waals surface area contributed by atoms with E-state index in [1.807, 2.05) is 0 Å². The molecule has 2 aromatic rings. The Morgan fingerprint density at radius 1 is 1.36 bits per heavy atom. The number of hydrogen-bond donors (Lipinski definition) is 3. The molecule has 12 heteroatoms. The highest BCUT2D eigenvalue weighted by Gasteiger charge is 2.30. The largest absolute Gasteiger partial charge is 0.384 e. The quantitative estimate of drug-likeness (QED) is 0.415. The van der Waals surface area contributed by atoms with Crippen LogP contribution in [0.3, 0.4) is 0 Å². The average molecular weight is 425 g/mol. The van der Waals surface area contributed by atoms with Crippen molar-refractivity contribution in [1.82, 2.24) is 19.7 Å². The molecule has 0 aromatic carbocycles. The van der Waals surface area contributed by atoms with Gasteiger partial charge in [-0.2, -0.15) is 0 Å². The van der Waals surface area contributed by atoms with Gasteiger partial charge in [0.25, 0.3) is 5.56 Å². The number of nitrogens with zero attached hydrogens (tertiary/aromatic N) is 3. The maximum atomic E-state index is 12.6. The molecule has 2 fully saturated rings. The summed E-state index contributed by atoms with van der Waals surface area (Å²) >= 11 is 2.51. The van der Waals surface area contributed by atoms with E-state index in [-0.39, 0.29) is 29.3 Å². The molecule has 0 spiro atoms. The minimum atomic E-state index is -0.749. The van der Waals surface area contributed by atoms with Gasteiger partial charge < -0.3 is 15.8 Å². The number of H-pyrrole nitrogens is 1. The van der Waals surface area contributed by atoms with E-state index in [1.54, 1.807) is 0 Å². The van der Waals surface area contributed by atoms with E-state index in [2.05, 4.69) is 20.5 Å². The molecule has 28 heavy (non-hydrogen) atoms. The number of ether oxygens (including phenoxy) is 1. The normalized spacial score (nSPS) is 19.1. The van der Waals surface area contributed by atoms with E-state index in [4.69, 9.17) is 10.5 Å². The second-order valence-corrected chi connectivity index (χ2v) is 8.92. The van der Waals surface area contributed by atoms with Gasteiger partial charge in [0, 0.05) is 19.2 Å². The first-order chi connectivity index (χ1) is 13.5. The Morgan fingerprint density at radius 3 is 2.89 bits per heavy atom. The summed E-state index contributed by atoms with van der Waals surface area (Å²) in [6.07, 6.45) is 3.91. The minimum Gasteiger partial charge on any atom is -0.384 e. The van der Waals surface area contributed by atoms with Gasteiger partial charge in [-0.05, 0) is 25.7 Å². The molecule has 1 saturated carbocycles. The summed E-state index contributed by atoms with van der Waals surface area (Å²) in [7, 11) is 0. The van der Waals surface area contributed by atoms with Crippen LogP contribution >= 0.6 is 23.1 Å². The molecule has 0 radical (unpaired) electrons. The lowest BCUT2D eigenvalue weighted by molar-refractivity contribution is 0.102. The van der Waals surface area contributed by atoms with Gasteiger partial charge in [-0.25, -0.2) is 4.79 Å². The van der Waals surface area contributed by atoms with Crippen molar-refractivity contribution in [2.75, 3.05) is 30.0 Å². The van der Waals surface area contributed by atoms with Gasteiger partial charge >= 0.3 is 5.69 Å². The number of aromatic amines is 1. The van der Waals surface area contributed by atoms with Crippen molar-refractivity contribution in [3.05, 3.63) is 26.4 Å². The third kappa shape index (κ3) is 4.13. The summed E-state index contributed by atoms with van der Waals surface area (Å²) in [5.41, 5.74) is 4.48. The highest BCUT2D eigenvalue weighted by molar-refractivity contribution is 8.01. The number of carbonyl (C=O) groups is 1. The first-order valence-electron chi connectivity index (χ1n) is 9.02. The molecular weight excluding hydrogens is 404 g/mol. The Kier molecular flexibility index (Phi) is 5.51. The van der Waals surface area contributed by atoms with E-state index < -0.39 is 17.0 Å². The van der Waals surface area contributed by atoms with Gasteiger partial charge in [0.1, 0.15) is 11.4 Å². The third-order valence-corrected chi connectivity index (χ3v) is 6.63. The number of aromatic nitrogens is 4. The van der Waals surface area contributed by atoms with Gasteiger partial charge in [0.05, 0.1) is 11.9 Å². The molecule has 150 valence electrons. The zero-order valence-electron chi connectivity index (χ0n) is 15.0. The predicted octanol–water partition coefficient (Wildman–Crippen LogP) is 0.871. The summed E-state index contributed by atoms with van der Waals surface area (Å²) in [5, 5.41) is 11.9. The van der Waals surface area contributed by atoms with E-state index in [9.17, 15) is 14.4 Å². The summed E-state index contributed by atoms with van der Waals surface area (Å²) in [6, 6.07) is -0.0378. The lowest BCUT2D eigenvalue weighted by Crippen LogP contribution is -2.36. The van der Waals surface area contributed by atoms with Crippen molar-refractivity contribution >= 4 is 39.8 Å². The van der Waals surface area contributed by atoms with E-state index in [0.717, 1.165) is 32.3 Å². The van der Waals surface area contributed by atoms with Gasteiger partial charge in [-0.3, -0.25) is 19.1 Å². The van der Waals surface area contributed by atoms with Crippen LogP contribution < -0.4 is 22.3 Å². The SMILES string of the molecule is Nc1c(C(=O)CSc2nnc(NC[C@@H]3CCCO3)s2)c(=O)[nH]c(=O)n1C1CC1. The van der Waals surface area contributed by atoms with E-state index in [1.165, 1.54) is 27.7 Å². The Balaban J connectivity index is 1.39. The van der Waals surface area contributed by atoms with Crippen molar-refractivity contribution in [2.24, 2.45) is 0 Å². The molecule has 1 aliphatic heterocycles. The maximum Gasteiger partial charge on any atom is 0.330 e. The van der Waals surface area contributed by atoms with Gasteiger partial charge in [0.2, 0.25) is 5.13 Å². The number of carbonyl (C=O) groups excluding carboxylic acids is 1. The molecule has 3 heterocycles. The topological polar surface area (TPSA) is 145 Å². The smallest absolute Gasteiger partial charge is 0.330 e. The highest BCUT2D eigenvalue weighted by atomic mass is 32.2. The maximum absolute atomic E-state index is 12.6. The number of Topliss-reactive ketones (excluding diaryl/α,β-unsaturated/α-hetero) is 1. The number of nitrogens with one attached hydrogen (secondary N) is 2. The number of thioether (sulfide) groups is 1. The fourth-order valence-corrected chi connectivity index (χ4v) is 4.71.